The van der Waals surface area contributed by atoms with Crippen molar-refractivity contribution < 1.29 is 19.4 Å². The predicted octanol–water partition coefficient (Wildman–Crippen LogP) is 0.836. The van der Waals surface area contributed by atoms with E-state index >= 15 is 0 Å². The first kappa shape index (κ1) is 15.2. The zero-order chi connectivity index (χ0) is 14.4. The van der Waals surface area contributed by atoms with Gasteiger partial charge in [-0.1, -0.05) is 0 Å². The molecule has 1 aliphatic rings. The van der Waals surface area contributed by atoms with E-state index in [-0.39, 0.29) is 18.7 Å². The Morgan fingerprint density at radius 3 is 3.30 bits per heavy atom. The van der Waals surface area contributed by atoms with Crippen molar-refractivity contribution in [3.8, 4) is 0 Å². The predicted molar refractivity (Wildman–Crippen MR) is 76.1 cm³/mol. The molecule has 1 unspecified atom stereocenters. The van der Waals surface area contributed by atoms with Gasteiger partial charge in [0.2, 0.25) is 0 Å². The highest BCUT2D eigenvalue weighted by molar-refractivity contribution is 7.13. The quantitative estimate of drug-likeness (QED) is 0.785. The molecule has 1 atom stereocenters. The van der Waals surface area contributed by atoms with Crippen molar-refractivity contribution in [1.82, 2.24) is 4.98 Å². The molecule has 0 aliphatic carbocycles. The van der Waals surface area contributed by atoms with Crippen molar-refractivity contribution in [3.05, 3.63) is 11.1 Å². The van der Waals surface area contributed by atoms with Crippen LogP contribution in [0.15, 0.2) is 5.38 Å². The zero-order valence-corrected chi connectivity index (χ0v) is 12.4. The lowest BCUT2D eigenvalue weighted by Gasteiger charge is -2.31. The van der Waals surface area contributed by atoms with E-state index in [1.807, 2.05) is 5.38 Å². The maximum absolute atomic E-state index is 11.3. The van der Waals surface area contributed by atoms with Gasteiger partial charge in [0.15, 0.2) is 5.13 Å². The normalized spacial score (nSPS) is 19.1. The second-order valence-electron chi connectivity index (χ2n) is 4.55. The van der Waals surface area contributed by atoms with Crippen molar-refractivity contribution in [2.45, 2.75) is 25.9 Å². The van der Waals surface area contributed by atoms with Gasteiger partial charge in [-0.25, -0.2) is 4.98 Å². The van der Waals surface area contributed by atoms with Crippen LogP contribution < -0.4 is 4.90 Å². The number of carbonyl (C=O) groups is 1. The highest BCUT2D eigenvalue weighted by Gasteiger charge is 2.22. The molecule has 1 saturated heterocycles. The van der Waals surface area contributed by atoms with Crippen molar-refractivity contribution >= 4 is 22.4 Å². The van der Waals surface area contributed by atoms with E-state index in [9.17, 15) is 4.79 Å². The molecule has 1 aliphatic heterocycles. The first-order chi connectivity index (χ1) is 9.72. The summed E-state index contributed by atoms with van der Waals surface area (Å²) < 4.78 is 10.3. The average Bonchev–Trinajstić information content (AvgIpc) is 2.94. The van der Waals surface area contributed by atoms with Crippen LogP contribution in [0, 0.1) is 0 Å². The second-order valence-corrected chi connectivity index (χ2v) is 5.38. The number of esters is 1. The summed E-state index contributed by atoms with van der Waals surface area (Å²) in [6.07, 6.45) is 0.818. The molecule has 0 amide bonds. The van der Waals surface area contributed by atoms with Gasteiger partial charge in [0, 0.05) is 24.9 Å². The summed E-state index contributed by atoms with van der Waals surface area (Å²) in [7, 11) is 0. The number of nitrogens with zero attached hydrogens (tertiary/aromatic N) is 2. The van der Waals surface area contributed by atoms with Gasteiger partial charge in [-0.05, 0) is 6.92 Å². The van der Waals surface area contributed by atoms with Crippen LogP contribution >= 0.6 is 11.3 Å². The summed E-state index contributed by atoms with van der Waals surface area (Å²) in [5, 5.41) is 12.0. The van der Waals surface area contributed by atoms with Gasteiger partial charge >= 0.3 is 5.97 Å². The number of aliphatic hydroxyl groups is 1. The number of rotatable bonds is 6. The molecule has 0 saturated carbocycles. The monoisotopic (exact) mass is 300 g/mol. The SMILES string of the molecule is CCOC(=O)CCc1csc(N2CCOC(CO)C2)n1. The Bertz CT molecular complexity index is 438. The van der Waals surface area contributed by atoms with Gasteiger partial charge < -0.3 is 19.5 Å². The van der Waals surface area contributed by atoms with E-state index in [2.05, 4.69) is 9.88 Å². The molecule has 0 spiro atoms. The number of hydrogen-bond donors (Lipinski definition) is 1. The molecule has 0 aromatic carbocycles. The smallest absolute Gasteiger partial charge is 0.306 e. The summed E-state index contributed by atoms with van der Waals surface area (Å²) in [5.74, 6) is -0.186. The van der Waals surface area contributed by atoms with Crippen LogP contribution in [0.2, 0.25) is 0 Å². The largest absolute Gasteiger partial charge is 0.466 e. The van der Waals surface area contributed by atoms with E-state index < -0.39 is 0 Å². The van der Waals surface area contributed by atoms with E-state index in [1.165, 1.54) is 0 Å². The summed E-state index contributed by atoms with van der Waals surface area (Å²) in [6, 6.07) is 0. The van der Waals surface area contributed by atoms with E-state index in [0.717, 1.165) is 17.4 Å². The lowest BCUT2D eigenvalue weighted by Crippen LogP contribution is -2.44. The summed E-state index contributed by atoms with van der Waals surface area (Å²) in [5.41, 5.74) is 0.907. The van der Waals surface area contributed by atoms with Crippen LogP contribution in [0.5, 0.6) is 0 Å². The van der Waals surface area contributed by atoms with Gasteiger partial charge in [-0.2, -0.15) is 0 Å². The van der Waals surface area contributed by atoms with Gasteiger partial charge in [0.05, 0.1) is 38.0 Å². The molecule has 2 rings (SSSR count). The summed E-state index contributed by atoms with van der Waals surface area (Å²) in [6.45, 7) is 4.27. The molecular weight excluding hydrogens is 280 g/mol. The molecule has 0 bridgehead atoms. The first-order valence-electron chi connectivity index (χ1n) is 6.80. The molecule has 6 nitrogen and oxygen atoms in total. The van der Waals surface area contributed by atoms with Crippen molar-refractivity contribution in [3.63, 3.8) is 0 Å². The Labute approximate surface area is 122 Å². The molecule has 1 aromatic rings. The highest BCUT2D eigenvalue weighted by atomic mass is 32.1. The maximum Gasteiger partial charge on any atom is 0.306 e. The average molecular weight is 300 g/mol. The van der Waals surface area contributed by atoms with Crippen LogP contribution in [-0.2, 0) is 20.7 Å². The number of aryl methyl sites for hydroxylation is 1. The Hall–Kier alpha value is -1.18. The third-order valence-corrected chi connectivity index (χ3v) is 3.99. The first-order valence-corrected chi connectivity index (χ1v) is 7.68. The number of thiazole rings is 1. The number of anilines is 1. The molecule has 20 heavy (non-hydrogen) atoms. The fraction of sp³-hybridized carbons (Fsp3) is 0.692. The van der Waals surface area contributed by atoms with Crippen LogP contribution in [0.25, 0.3) is 0 Å². The standard InChI is InChI=1S/C13H20N2O4S/c1-2-18-12(17)4-3-10-9-20-13(14-10)15-5-6-19-11(7-15)8-16/h9,11,16H,2-8H2,1H3. The van der Waals surface area contributed by atoms with Gasteiger partial charge in [-0.3, -0.25) is 4.79 Å². The highest BCUT2D eigenvalue weighted by Crippen LogP contribution is 2.23. The number of hydrogen-bond acceptors (Lipinski definition) is 7. The van der Waals surface area contributed by atoms with Crippen molar-refractivity contribution in [2.24, 2.45) is 0 Å². The lowest BCUT2D eigenvalue weighted by molar-refractivity contribution is -0.143. The van der Waals surface area contributed by atoms with Crippen LogP contribution in [0.1, 0.15) is 19.0 Å². The van der Waals surface area contributed by atoms with Crippen LogP contribution in [-0.4, -0.2) is 55.1 Å². The van der Waals surface area contributed by atoms with Crippen molar-refractivity contribution in [1.29, 1.82) is 0 Å². The van der Waals surface area contributed by atoms with Crippen LogP contribution in [0.4, 0.5) is 5.13 Å². The molecule has 112 valence electrons. The molecule has 1 N–H and O–H groups in total. The summed E-state index contributed by atoms with van der Waals surface area (Å²) in [4.78, 5) is 18.0. The number of aliphatic hydroxyl groups excluding tert-OH is 1. The third kappa shape index (κ3) is 4.16. The minimum atomic E-state index is -0.186. The number of morpholine rings is 1. The minimum Gasteiger partial charge on any atom is -0.466 e. The minimum absolute atomic E-state index is 0.0254. The van der Waals surface area contributed by atoms with E-state index in [4.69, 9.17) is 14.6 Å². The van der Waals surface area contributed by atoms with E-state index in [0.29, 0.717) is 32.6 Å². The Morgan fingerprint density at radius 1 is 1.70 bits per heavy atom. The number of carbonyl (C=O) groups excluding carboxylic acids is 1. The summed E-state index contributed by atoms with van der Waals surface area (Å²) >= 11 is 1.56. The molecule has 2 heterocycles. The topological polar surface area (TPSA) is 71.9 Å². The Morgan fingerprint density at radius 2 is 2.55 bits per heavy atom. The number of aromatic nitrogens is 1. The van der Waals surface area contributed by atoms with Gasteiger partial charge in [0.25, 0.3) is 0 Å². The molecule has 7 heteroatoms. The fourth-order valence-electron chi connectivity index (χ4n) is 2.02. The fourth-order valence-corrected chi connectivity index (χ4v) is 2.92. The third-order valence-electron chi connectivity index (χ3n) is 3.04. The second kappa shape index (κ2) is 7.56. The number of ether oxygens (including phenoxy) is 2. The zero-order valence-electron chi connectivity index (χ0n) is 11.6. The van der Waals surface area contributed by atoms with E-state index in [1.54, 1.807) is 18.3 Å². The molecule has 1 fully saturated rings. The van der Waals surface area contributed by atoms with Crippen molar-refractivity contribution in [2.75, 3.05) is 37.8 Å². The molecule has 0 radical (unpaired) electrons. The Balaban J connectivity index is 1.86. The van der Waals surface area contributed by atoms with Gasteiger partial charge in [0.1, 0.15) is 0 Å². The maximum atomic E-state index is 11.3. The lowest BCUT2D eigenvalue weighted by atomic mass is 10.2. The van der Waals surface area contributed by atoms with Crippen LogP contribution in [0.3, 0.4) is 0 Å². The Kier molecular flexibility index (Phi) is 5.75. The van der Waals surface area contributed by atoms with Gasteiger partial charge in [-0.15, -0.1) is 11.3 Å². The molecular formula is C13H20N2O4S. The molecule has 1 aromatic heterocycles.